The minimum absolute atomic E-state index is 0.257. The Kier molecular flexibility index (Phi) is 20.2. The third kappa shape index (κ3) is 23.7. The van der Waals surface area contributed by atoms with Gasteiger partial charge in [-0.2, -0.15) is 7.82 Å². The standard InChI is InChI=1S/2C8H17.Ce.H3O4P/c2*1-4-6-7-8(3)5-2;;1-5(2,3)4/h2*8H,3-7H2,1-2H3;;(H3,1,2,3,4)/q;;+3;/p-3. The van der Waals surface area contributed by atoms with Gasteiger partial charge in [0.1, 0.15) is 0 Å². The van der Waals surface area contributed by atoms with Gasteiger partial charge in [-0.3, -0.25) is 0 Å². The van der Waals surface area contributed by atoms with E-state index in [0.717, 1.165) is 11.8 Å². The summed E-state index contributed by atoms with van der Waals surface area (Å²) in [5.74, 6) is 2.20. The molecule has 0 aliphatic heterocycles. The molecule has 0 aliphatic carbocycles. The van der Waals surface area contributed by atoms with Crippen LogP contribution < -0.4 is 14.7 Å². The van der Waals surface area contributed by atoms with Crippen LogP contribution in [-0.2, 0) is 4.57 Å². The molecule has 0 fully saturated rings. The summed E-state index contributed by atoms with van der Waals surface area (Å²) in [6.45, 7) is 9.45. The van der Waals surface area contributed by atoms with E-state index >= 15 is 0 Å². The zero-order valence-electron chi connectivity index (χ0n) is 14.8. The third-order valence-electron chi connectivity index (χ3n) is 3.95. The van der Waals surface area contributed by atoms with E-state index in [1.54, 1.807) is 3.88 Å². The summed E-state index contributed by atoms with van der Waals surface area (Å²) in [6.07, 6.45) is 11.6. The quantitative estimate of drug-likeness (QED) is 0.416. The van der Waals surface area contributed by atoms with E-state index in [-0.39, 0.29) is 37.6 Å². The molecular weight excluding hydrogens is 427 g/mol. The monoisotopic (exact) mass is 461 g/mol. The number of hydrogen-bond acceptors (Lipinski definition) is 4. The van der Waals surface area contributed by atoms with Crippen molar-refractivity contribution >= 4 is 7.82 Å². The Morgan fingerprint density at radius 2 is 1.14 bits per heavy atom. The topological polar surface area (TPSA) is 86.2 Å². The minimum atomic E-state index is -5.39. The van der Waals surface area contributed by atoms with Crippen LogP contribution >= 0.6 is 7.82 Å². The summed E-state index contributed by atoms with van der Waals surface area (Å²) in [4.78, 5) is 25.6. The van der Waals surface area contributed by atoms with Gasteiger partial charge in [0.05, 0.1) is 0 Å². The van der Waals surface area contributed by atoms with Gasteiger partial charge in [-0.1, -0.05) is 0 Å². The predicted octanol–water partition coefficient (Wildman–Crippen LogP) is 3.52. The smallest absolute Gasteiger partial charge is 0.159 e. The molecule has 0 amide bonds. The van der Waals surface area contributed by atoms with Gasteiger partial charge in [0.15, 0.2) is 0 Å². The van der Waals surface area contributed by atoms with Crippen molar-refractivity contribution in [3.8, 4) is 0 Å². The van der Waals surface area contributed by atoms with E-state index in [1.807, 2.05) is 0 Å². The van der Waals surface area contributed by atoms with E-state index in [2.05, 4.69) is 27.7 Å². The average Bonchev–Trinajstić information content (AvgIpc) is 2.44. The fourth-order valence-electron chi connectivity index (χ4n) is 2.38. The third-order valence-corrected chi connectivity index (χ3v) is 9.39. The van der Waals surface area contributed by atoms with Crippen molar-refractivity contribution in [2.75, 3.05) is 0 Å². The van der Waals surface area contributed by atoms with Gasteiger partial charge in [-0.25, -0.2) is 0 Å². The SMILES string of the molecule is CCCCC(CC)[CH2][Ce+3][CH2]C(CC)CCCC.O=P([O-])([O-])[O-]. The van der Waals surface area contributed by atoms with Gasteiger partial charge in [-0.15, -0.1) is 0 Å². The molecule has 0 aliphatic rings. The molecule has 0 radical (unpaired) electrons. The Morgan fingerprint density at radius 3 is 1.36 bits per heavy atom. The Labute approximate surface area is 158 Å². The van der Waals surface area contributed by atoms with Crippen molar-refractivity contribution in [2.45, 2.75) is 82.9 Å². The Balaban J connectivity index is 0. The molecule has 0 spiro atoms. The van der Waals surface area contributed by atoms with Crippen molar-refractivity contribution in [1.29, 1.82) is 0 Å². The molecule has 22 heavy (non-hydrogen) atoms. The van der Waals surface area contributed by atoms with Crippen molar-refractivity contribution in [1.82, 2.24) is 0 Å². The largest absolute Gasteiger partial charge is 0.822 e. The maximum absolute atomic E-state index is 8.55. The summed E-state index contributed by atoms with van der Waals surface area (Å²) in [5, 5.41) is 0. The summed E-state index contributed by atoms with van der Waals surface area (Å²) in [7, 11) is -5.39. The molecule has 0 saturated heterocycles. The second-order valence-corrected chi connectivity index (χ2v) is 11.0. The fourth-order valence-corrected chi connectivity index (χ4v) is 8.56. The molecule has 0 aromatic rings. The summed E-state index contributed by atoms with van der Waals surface area (Å²) >= 11 is -0.257. The normalized spacial score (nSPS) is 13.8. The van der Waals surface area contributed by atoms with Crippen LogP contribution in [-0.4, -0.2) is 0 Å². The molecule has 4 nitrogen and oxygen atoms in total. The molecule has 0 rings (SSSR count). The first-order valence-corrected chi connectivity index (χ1v) is 14.6. The Morgan fingerprint density at radius 1 is 0.818 bits per heavy atom. The average molecular weight is 462 g/mol. The zero-order valence-corrected chi connectivity index (χ0v) is 18.8. The molecule has 0 aromatic heterocycles. The molecule has 0 saturated carbocycles. The summed E-state index contributed by atoms with van der Waals surface area (Å²) in [6, 6.07) is 0. The van der Waals surface area contributed by atoms with Crippen molar-refractivity contribution < 1.29 is 56.8 Å². The second-order valence-electron chi connectivity index (χ2n) is 5.94. The maximum Gasteiger partial charge on any atom is -0.159 e. The van der Waals surface area contributed by atoms with Crippen molar-refractivity contribution in [3.63, 3.8) is 0 Å². The van der Waals surface area contributed by atoms with E-state index in [4.69, 9.17) is 19.2 Å². The van der Waals surface area contributed by atoms with Crippen LogP contribution in [0.25, 0.3) is 0 Å². The van der Waals surface area contributed by atoms with Crippen LogP contribution in [0.1, 0.15) is 79.1 Å². The predicted molar refractivity (Wildman–Crippen MR) is 83.8 cm³/mol. The minimum Gasteiger partial charge on any atom is -0.822 e. The van der Waals surface area contributed by atoms with Gasteiger partial charge in [0.2, 0.25) is 0 Å². The van der Waals surface area contributed by atoms with Gasteiger partial charge in [0.25, 0.3) is 0 Å². The van der Waals surface area contributed by atoms with E-state index < -0.39 is 7.82 Å². The number of phosphoric acid groups is 1. The summed E-state index contributed by atoms with van der Waals surface area (Å²) in [5.41, 5.74) is 0. The van der Waals surface area contributed by atoms with Crippen LogP contribution in [0, 0.1) is 49.4 Å². The van der Waals surface area contributed by atoms with Crippen molar-refractivity contribution in [3.05, 3.63) is 0 Å². The molecule has 0 aromatic carbocycles. The van der Waals surface area contributed by atoms with Crippen LogP contribution in [0.4, 0.5) is 0 Å². The Bertz CT molecular complexity index is 247. The molecule has 0 N–H and O–H groups in total. The molecule has 2 atom stereocenters. The van der Waals surface area contributed by atoms with Crippen molar-refractivity contribution in [2.24, 2.45) is 11.8 Å². The second kappa shape index (κ2) is 17.3. The van der Waals surface area contributed by atoms with Crippen LogP contribution in [0.2, 0.25) is 3.88 Å². The van der Waals surface area contributed by atoms with E-state index in [9.17, 15) is 0 Å². The fraction of sp³-hybridized carbons (Fsp3) is 1.00. The molecule has 0 heterocycles. The Hall–Kier alpha value is 1.49. The number of hydrogen-bond donors (Lipinski definition) is 0. The van der Waals surface area contributed by atoms with Crippen LogP contribution in [0.3, 0.4) is 0 Å². The first-order valence-electron chi connectivity index (χ1n) is 8.72. The number of unbranched alkanes of at least 4 members (excludes halogenated alkanes) is 2. The van der Waals surface area contributed by atoms with Gasteiger partial charge in [-0.05, 0) is 0 Å². The van der Waals surface area contributed by atoms with Gasteiger partial charge >= 0.3 is 132 Å². The summed E-state index contributed by atoms with van der Waals surface area (Å²) < 4.78 is 11.9. The zero-order chi connectivity index (χ0) is 17.4. The molecule has 6 heteroatoms. The van der Waals surface area contributed by atoms with Crippen LogP contribution in [0.5, 0.6) is 0 Å². The van der Waals surface area contributed by atoms with E-state index in [0.29, 0.717) is 0 Å². The van der Waals surface area contributed by atoms with Gasteiger partial charge < -0.3 is 19.2 Å². The number of rotatable bonds is 12. The molecule has 2 unspecified atom stereocenters. The molecular formula is C16H34CeO4P. The molecule has 131 valence electrons. The van der Waals surface area contributed by atoms with E-state index in [1.165, 1.54) is 51.4 Å². The van der Waals surface area contributed by atoms with Gasteiger partial charge in [0, 0.05) is 0 Å². The first kappa shape index (κ1) is 25.7. The van der Waals surface area contributed by atoms with Crippen LogP contribution in [0.15, 0.2) is 0 Å². The first-order chi connectivity index (χ1) is 10.3. The molecule has 0 bridgehead atoms. The maximum atomic E-state index is 8.55.